The van der Waals surface area contributed by atoms with E-state index in [2.05, 4.69) is 38.3 Å². The van der Waals surface area contributed by atoms with Crippen molar-refractivity contribution in [3.63, 3.8) is 0 Å². The SMILES string of the molecule is C=C1CC2CN(C)CCN2c2nc(OCC34CCCN3CCC4)nc3c(F)c(Cl)nc1c23. The van der Waals surface area contributed by atoms with E-state index in [4.69, 9.17) is 21.3 Å². The average Bonchev–Trinajstić information content (AvgIpc) is 3.32. The molecule has 1 unspecified atom stereocenters. The Morgan fingerprint density at radius 2 is 1.94 bits per heavy atom. The number of piperazine rings is 1. The number of fused-ring (bicyclic) bond motifs is 3. The fourth-order valence-corrected chi connectivity index (χ4v) is 6.31. The molecule has 3 fully saturated rings. The van der Waals surface area contributed by atoms with Crippen LogP contribution in [0.2, 0.25) is 5.15 Å². The molecule has 9 heteroatoms. The highest BCUT2D eigenvalue weighted by Crippen LogP contribution is 2.42. The van der Waals surface area contributed by atoms with E-state index >= 15 is 4.39 Å². The molecule has 1 atom stereocenters. The first-order valence-corrected chi connectivity index (χ1v) is 11.9. The Kier molecular flexibility index (Phi) is 4.82. The molecule has 32 heavy (non-hydrogen) atoms. The number of likely N-dealkylation sites (N-methyl/N-ethyl adjacent to an activating group) is 1. The average molecular weight is 459 g/mol. The van der Waals surface area contributed by atoms with Gasteiger partial charge in [-0.1, -0.05) is 18.2 Å². The predicted octanol–water partition coefficient (Wildman–Crippen LogP) is 3.36. The van der Waals surface area contributed by atoms with Crippen LogP contribution in [0, 0.1) is 5.82 Å². The van der Waals surface area contributed by atoms with Gasteiger partial charge < -0.3 is 14.5 Å². The van der Waals surface area contributed by atoms with Crippen LogP contribution in [0.5, 0.6) is 6.01 Å². The molecule has 0 amide bonds. The highest BCUT2D eigenvalue weighted by Gasteiger charge is 2.45. The maximum absolute atomic E-state index is 15.2. The Bertz CT molecular complexity index is 1100. The molecule has 6 rings (SSSR count). The summed E-state index contributed by atoms with van der Waals surface area (Å²) in [6, 6.07) is 0.403. The molecular formula is C23H28ClFN6O. The van der Waals surface area contributed by atoms with Crippen LogP contribution >= 0.6 is 11.6 Å². The van der Waals surface area contributed by atoms with Crippen molar-refractivity contribution < 1.29 is 9.13 Å². The van der Waals surface area contributed by atoms with Crippen LogP contribution in [0.15, 0.2) is 6.58 Å². The highest BCUT2D eigenvalue weighted by atomic mass is 35.5. The number of hydrogen-bond acceptors (Lipinski definition) is 7. The second-order valence-electron chi connectivity index (χ2n) is 9.74. The summed E-state index contributed by atoms with van der Waals surface area (Å²) >= 11 is 6.19. The number of halogens is 2. The van der Waals surface area contributed by atoms with Crippen molar-refractivity contribution in [2.24, 2.45) is 0 Å². The topological polar surface area (TPSA) is 57.6 Å². The van der Waals surface area contributed by atoms with E-state index < -0.39 is 5.82 Å². The summed E-state index contributed by atoms with van der Waals surface area (Å²) < 4.78 is 21.4. The number of pyridine rings is 1. The molecule has 2 aromatic rings. The van der Waals surface area contributed by atoms with Crippen LogP contribution in [0.4, 0.5) is 10.2 Å². The lowest BCUT2D eigenvalue weighted by Crippen LogP contribution is -2.52. The maximum atomic E-state index is 15.2. The number of anilines is 1. The van der Waals surface area contributed by atoms with Crippen molar-refractivity contribution in [3.05, 3.63) is 23.2 Å². The Balaban J connectivity index is 1.45. The van der Waals surface area contributed by atoms with E-state index in [-0.39, 0.29) is 28.3 Å². The zero-order valence-corrected chi connectivity index (χ0v) is 19.2. The minimum absolute atomic E-state index is 0.0662. The standard InChI is InChI=1S/C23H28ClFN6O/c1-14-11-15-12-29(2)9-10-31(15)21-16-18(14)26-20(24)17(25)19(16)27-22(28-21)32-13-23-5-3-7-30(23)8-4-6-23/h15H,1,3-13H2,2H3. The monoisotopic (exact) mass is 458 g/mol. The van der Waals surface area contributed by atoms with Gasteiger partial charge in [0.25, 0.3) is 0 Å². The van der Waals surface area contributed by atoms with Gasteiger partial charge in [-0.15, -0.1) is 0 Å². The lowest BCUT2D eigenvalue weighted by atomic mass is 9.95. The third kappa shape index (κ3) is 3.10. The van der Waals surface area contributed by atoms with Crippen molar-refractivity contribution in [1.29, 1.82) is 0 Å². The molecule has 0 spiro atoms. The van der Waals surface area contributed by atoms with Crippen LogP contribution in [0.3, 0.4) is 0 Å². The zero-order chi connectivity index (χ0) is 22.0. The van der Waals surface area contributed by atoms with E-state index in [1.165, 1.54) is 12.8 Å². The minimum Gasteiger partial charge on any atom is -0.461 e. The van der Waals surface area contributed by atoms with Crippen molar-refractivity contribution in [3.8, 4) is 6.01 Å². The molecule has 0 aliphatic carbocycles. The lowest BCUT2D eigenvalue weighted by molar-refractivity contribution is 0.108. The molecule has 0 N–H and O–H groups in total. The van der Waals surface area contributed by atoms with E-state index in [0.717, 1.165) is 57.6 Å². The van der Waals surface area contributed by atoms with Crippen LogP contribution in [0.1, 0.15) is 37.8 Å². The van der Waals surface area contributed by atoms with Gasteiger partial charge in [0.2, 0.25) is 0 Å². The summed E-state index contributed by atoms with van der Waals surface area (Å²) in [5, 5.41) is 0.412. The zero-order valence-electron chi connectivity index (χ0n) is 18.4. The summed E-state index contributed by atoms with van der Waals surface area (Å²) in [6.45, 7) is 9.60. The van der Waals surface area contributed by atoms with Gasteiger partial charge in [0.05, 0.1) is 16.6 Å². The quantitative estimate of drug-likeness (QED) is 0.653. The van der Waals surface area contributed by atoms with Gasteiger partial charge in [0, 0.05) is 25.7 Å². The summed E-state index contributed by atoms with van der Waals surface area (Å²) in [4.78, 5) is 20.8. The summed E-state index contributed by atoms with van der Waals surface area (Å²) in [7, 11) is 2.12. The van der Waals surface area contributed by atoms with E-state index in [1.54, 1.807) is 0 Å². The smallest absolute Gasteiger partial charge is 0.319 e. The predicted molar refractivity (Wildman–Crippen MR) is 123 cm³/mol. The molecule has 3 saturated heterocycles. The molecule has 7 nitrogen and oxygen atoms in total. The molecule has 4 aliphatic rings. The molecule has 6 heterocycles. The molecule has 0 radical (unpaired) electrons. The van der Waals surface area contributed by atoms with Crippen molar-refractivity contribution in [2.75, 3.05) is 51.3 Å². The normalized spacial score (nSPS) is 25.2. The highest BCUT2D eigenvalue weighted by molar-refractivity contribution is 6.30. The third-order valence-corrected chi connectivity index (χ3v) is 8.01. The second-order valence-corrected chi connectivity index (χ2v) is 10.1. The maximum Gasteiger partial charge on any atom is 0.319 e. The molecular weight excluding hydrogens is 431 g/mol. The fraction of sp³-hybridized carbons (Fsp3) is 0.609. The van der Waals surface area contributed by atoms with Gasteiger partial charge in [-0.25, -0.2) is 9.37 Å². The third-order valence-electron chi connectivity index (χ3n) is 7.76. The first-order valence-electron chi connectivity index (χ1n) is 11.5. The second kappa shape index (κ2) is 7.50. The molecule has 0 bridgehead atoms. The number of ether oxygens (including phenoxy) is 1. The van der Waals surface area contributed by atoms with E-state index in [1.807, 2.05) is 0 Å². The molecule has 170 valence electrons. The molecule has 0 saturated carbocycles. The van der Waals surface area contributed by atoms with Crippen LogP contribution < -0.4 is 9.64 Å². The van der Waals surface area contributed by atoms with Crippen LogP contribution in [-0.4, -0.2) is 82.7 Å². The van der Waals surface area contributed by atoms with Gasteiger partial charge >= 0.3 is 6.01 Å². The van der Waals surface area contributed by atoms with Crippen LogP contribution in [0.25, 0.3) is 16.5 Å². The molecule has 2 aromatic heterocycles. The summed E-state index contributed by atoms with van der Waals surface area (Å²) in [6.07, 6.45) is 5.36. The fourth-order valence-electron chi connectivity index (χ4n) is 6.14. The number of aromatic nitrogens is 3. The Labute approximate surface area is 192 Å². The number of rotatable bonds is 3. The van der Waals surface area contributed by atoms with Gasteiger partial charge in [-0.05, 0) is 57.8 Å². The largest absolute Gasteiger partial charge is 0.461 e. The van der Waals surface area contributed by atoms with Gasteiger partial charge in [-0.2, -0.15) is 9.97 Å². The van der Waals surface area contributed by atoms with Crippen LogP contribution in [-0.2, 0) is 0 Å². The van der Waals surface area contributed by atoms with Gasteiger partial charge in [0.15, 0.2) is 11.0 Å². The number of hydrogen-bond donors (Lipinski definition) is 0. The Morgan fingerprint density at radius 3 is 2.72 bits per heavy atom. The number of nitrogens with zero attached hydrogens (tertiary/aromatic N) is 6. The summed E-state index contributed by atoms with van der Waals surface area (Å²) in [5.41, 5.74) is 1.68. The molecule has 4 aliphatic heterocycles. The molecule has 0 aromatic carbocycles. The minimum atomic E-state index is -0.624. The van der Waals surface area contributed by atoms with E-state index in [0.29, 0.717) is 23.5 Å². The lowest BCUT2D eigenvalue weighted by Gasteiger charge is -2.40. The van der Waals surface area contributed by atoms with Gasteiger partial charge in [0.1, 0.15) is 17.9 Å². The Hall–Kier alpha value is -2.03. The van der Waals surface area contributed by atoms with E-state index in [9.17, 15) is 0 Å². The Morgan fingerprint density at radius 1 is 1.16 bits per heavy atom. The van der Waals surface area contributed by atoms with Gasteiger partial charge in [-0.3, -0.25) is 4.90 Å². The summed E-state index contributed by atoms with van der Waals surface area (Å²) in [5.74, 6) is 0.0628. The first-order chi connectivity index (χ1) is 15.4. The van der Waals surface area contributed by atoms with Crippen molar-refractivity contribution in [1.82, 2.24) is 24.8 Å². The first kappa shape index (κ1) is 20.6. The van der Waals surface area contributed by atoms with Crippen molar-refractivity contribution >= 4 is 33.9 Å². The van der Waals surface area contributed by atoms with Crippen molar-refractivity contribution in [2.45, 2.75) is 43.7 Å².